The van der Waals surface area contributed by atoms with Gasteiger partial charge in [0.25, 0.3) is 0 Å². The molecule has 1 aromatic heterocycles. The normalized spacial score (nSPS) is 11.0. The molecule has 2 amide bonds. The summed E-state index contributed by atoms with van der Waals surface area (Å²) < 4.78 is 0. The van der Waals surface area contributed by atoms with Crippen LogP contribution in [0.4, 0.5) is 11.6 Å². The molecule has 30 heavy (non-hydrogen) atoms. The van der Waals surface area contributed by atoms with Crippen LogP contribution in [0.15, 0.2) is 78.9 Å². The third-order valence-electron chi connectivity index (χ3n) is 3.89. The number of halogens is 2. The first-order valence-electron chi connectivity index (χ1n) is 8.95. The van der Waals surface area contributed by atoms with Gasteiger partial charge in [-0.05, 0) is 47.5 Å². The van der Waals surface area contributed by atoms with Gasteiger partial charge in [0.15, 0.2) is 0 Å². The summed E-state index contributed by atoms with van der Waals surface area (Å²) in [5, 5.41) is 6.39. The summed E-state index contributed by atoms with van der Waals surface area (Å²) in [6.07, 6.45) is 5.95. The Hall–Kier alpha value is -3.41. The zero-order valence-corrected chi connectivity index (χ0v) is 17.2. The number of carbonyl (C=O) groups is 2. The van der Waals surface area contributed by atoms with E-state index in [1.54, 1.807) is 54.6 Å². The molecular formula is C23H17Cl2N3O2. The van der Waals surface area contributed by atoms with Gasteiger partial charge in [-0.2, -0.15) is 0 Å². The number of anilines is 2. The summed E-state index contributed by atoms with van der Waals surface area (Å²) in [6, 6.07) is 19.3. The third-order valence-corrected chi connectivity index (χ3v) is 4.58. The number of benzene rings is 2. The Morgan fingerprint density at radius 3 is 1.53 bits per heavy atom. The lowest BCUT2D eigenvalue weighted by atomic mass is 10.2. The van der Waals surface area contributed by atoms with Crippen LogP contribution in [0.1, 0.15) is 11.1 Å². The van der Waals surface area contributed by atoms with E-state index in [4.69, 9.17) is 23.2 Å². The van der Waals surface area contributed by atoms with Crippen molar-refractivity contribution in [3.63, 3.8) is 0 Å². The van der Waals surface area contributed by atoms with E-state index in [1.807, 2.05) is 24.3 Å². The van der Waals surface area contributed by atoms with Crippen LogP contribution >= 0.6 is 23.2 Å². The average molecular weight is 438 g/mol. The Labute approximate surface area is 184 Å². The molecular weight excluding hydrogens is 421 g/mol. The maximum atomic E-state index is 12.1. The van der Waals surface area contributed by atoms with Crippen molar-refractivity contribution in [2.75, 3.05) is 10.6 Å². The molecule has 3 rings (SSSR count). The lowest BCUT2D eigenvalue weighted by Crippen LogP contribution is -2.12. The molecule has 5 nitrogen and oxygen atoms in total. The monoisotopic (exact) mass is 437 g/mol. The van der Waals surface area contributed by atoms with Crippen molar-refractivity contribution in [2.24, 2.45) is 0 Å². The van der Waals surface area contributed by atoms with Crippen LogP contribution in [0, 0.1) is 0 Å². The lowest BCUT2D eigenvalue weighted by molar-refractivity contribution is -0.112. The van der Waals surface area contributed by atoms with Gasteiger partial charge >= 0.3 is 0 Å². The molecule has 0 spiro atoms. The van der Waals surface area contributed by atoms with Crippen molar-refractivity contribution in [1.29, 1.82) is 0 Å². The number of hydrogen-bond donors (Lipinski definition) is 2. The van der Waals surface area contributed by atoms with Crippen molar-refractivity contribution in [2.45, 2.75) is 0 Å². The van der Waals surface area contributed by atoms with Crippen LogP contribution in [0.25, 0.3) is 12.2 Å². The zero-order valence-electron chi connectivity index (χ0n) is 15.7. The Bertz CT molecular complexity index is 1040. The average Bonchev–Trinajstić information content (AvgIpc) is 2.73. The van der Waals surface area contributed by atoms with Gasteiger partial charge in [0.05, 0.1) is 0 Å². The fourth-order valence-corrected chi connectivity index (χ4v) is 2.86. The first kappa shape index (κ1) is 21.3. The standard InChI is InChI=1S/C23H17Cl2N3O2/c24-18-8-3-1-6-16(18)12-14-22(29)27-20-10-5-11-21(26-20)28-23(30)15-13-17-7-2-4-9-19(17)25/h1-15H,(H2,26,27,28,29,30)/b14-12+,15-13+. The van der Waals surface area contributed by atoms with Crippen LogP contribution in [-0.4, -0.2) is 16.8 Å². The van der Waals surface area contributed by atoms with E-state index in [2.05, 4.69) is 15.6 Å². The van der Waals surface area contributed by atoms with E-state index in [1.165, 1.54) is 12.2 Å². The Kier molecular flexibility index (Phi) is 7.38. The first-order chi connectivity index (χ1) is 14.5. The maximum absolute atomic E-state index is 12.1. The molecule has 0 unspecified atom stereocenters. The molecule has 0 aliphatic carbocycles. The van der Waals surface area contributed by atoms with E-state index in [0.29, 0.717) is 21.7 Å². The molecule has 0 radical (unpaired) electrons. The summed E-state index contributed by atoms with van der Waals surface area (Å²) in [4.78, 5) is 28.5. The fourth-order valence-electron chi connectivity index (χ4n) is 2.46. The second kappa shape index (κ2) is 10.4. The Morgan fingerprint density at radius 2 is 1.10 bits per heavy atom. The van der Waals surface area contributed by atoms with E-state index in [9.17, 15) is 9.59 Å². The number of hydrogen-bond acceptors (Lipinski definition) is 3. The van der Waals surface area contributed by atoms with Crippen LogP contribution in [-0.2, 0) is 9.59 Å². The minimum atomic E-state index is -0.371. The van der Waals surface area contributed by atoms with Gasteiger partial charge in [-0.3, -0.25) is 9.59 Å². The molecule has 0 bridgehead atoms. The molecule has 0 aliphatic heterocycles. The number of rotatable bonds is 6. The fraction of sp³-hybridized carbons (Fsp3) is 0. The van der Waals surface area contributed by atoms with Crippen LogP contribution in [0.2, 0.25) is 10.0 Å². The van der Waals surface area contributed by atoms with Gasteiger partial charge in [0.1, 0.15) is 11.6 Å². The topological polar surface area (TPSA) is 71.1 Å². The number of carbonyl (C=O) groups excluding carboxylic acids is 2. The van der Waals surface area contributed by atoms with Crippen molar-refractivity contribution in [1.82, 2.24) is 4.98 Å². The molecule has 0 saturated heterocycles. The minimum absolute atomic E-state index is 0.302. The summed E-state index contributed by atoms with van der Waals surface area (Å²) in [5.74, 6) is -0.137. The highest BCUT2D eigenvalue weighted by Gasteiger charge is 2.04. The predicted molar refractivity (Wildman–Crippen MR) is 122 cm³/mol. The van der Waals surface area contributed by atoms with Crippen molar-refractivity contribution < 1.29 is 9.59 Å². The quantitative estimate of drug-likeness (QED) is 0.486. The third kappa shape index (κ3) is 6.30. The van der Waals surface area contributed by atoms with Crippen LogP contribution < -0.4 is 10.6 Å². The molecule has 7 heteroatoms. The Morgan fingerprint density at radius 1 is 0.667 bits per heavy atom. The smallest absolute Gasteiger partial charge is 0.249 e. The van der Waals surface area contributed by atoms with E-state index in [0.717, 1.165) is 11.1 Å². The van der Waals surface area contributed by atoms with E-state index >= 15 is 0 Å². The number of nitrogens with zero attached hydrogens (tertiary/aromatic N) is 1. The lowest BCUT2D eigenvalue weighted by Gasteiger charge is -2.05. The van der Waals surface area contributed by atoms with Gasteiger partial charge in [-0.1, -0.05) is 65.7 Å². The predicted octanol–water partition coefficient (Wildman–Crippen LogP) is 5.69. The number of pyridine rings is 1. The van der Waals surface area contributed by atoms with Crippen LogP contribution in [0.5, 0.6) is 0 Å². The molecule has 0 atom stereocenters. The minimum Gasteiger partial charge on any atom is -0.307 e. The highest BCUT2D eigenvalue weighted by atomic mass is 35.5. The molecule has 0 saturated carbocycles. The maximum Gasteiger partial charge on any atom is 0.249 e. The highest BCUT2D eigenvalue weighted by molar-refractivity contribution is 6.32. The zero-order chi connectivity index (χ0) is 21.3. The Balaban J connectivity index is 1.60. The second-order valence-electron chi connectivity index (χ2n) is 6.10. The van der Waals surface area contributed by atoms with Crippen molar-refractivity contribution in [3.8, 4) is 0 Å². The summed E-state index contributed by atoms with van der Waals surface area (Å²) in [7, 11) is 0. The molecule has 2 aromatic carbocycles. The molecule has 150 valence electrons. The summed E-state index contributed by atoms with van der Waals surface area (Å²) >= 11 is 12.1. The number of nitrogens with one attached hydrogen (secondary N) is 2. The molecule has 3 aromatic rings. The van der Waals surface area contributed by atoms with Gasteiger partial charge < -0.3 is 10.6 Å². The van der Waals surface area contributed by atoms with Crippen LogP contribution in [0.3, 0.4) is 0 Å². The molecule has 0 aliphatic rings. The van der Waals surface area contributed by atoms with E-state index in [-0.39, 0.29) is 11.8 Å². The molecule has 0 fully saturated rings. The van der Waals surface area contributed by atoms with Gasteiger partial charge in [-0.25, -0.2) is 4.98 Å². The van der Waals surface area contributed by atoms with Gasteiger partial charge in [0, 0.05) is 22.2 Å². The van der Waals surface area contributed by atoms with Gasteiger partial charge in [0.2, 0.25) is 11.8 Å². The van der Waals surface area contributed by atoms with Crippen molar-refractivity contribution in [3.05, 3.63) is 100 Å². The number of aromatic nitrogens is 1. The largest absolute Gasteiger partial charge is 0.307 e. The number of amides is 2. The van der Waals surface area contributed by atoms with Gasteiger partial charge in [-0.15, -0.1) is 0 Å². The second-order valence-corrected chi connectivity index (χ2v) is 6.91. The van der Waals surface area contributed by atoms with E-state index < -0.39 is 0 Å². The summed E-state index contributed by atoms with van der Waals surface area (Å²) in [5.41, 5.74) is 1.46. The SMILES string of the molecule is O=C(/C=C/c1ccccc1Cl)Nc1cccc(NC(=O)/C=C/c2ccccc2Cl)n1. The molecule has 1 heterocycles. The molecule has 2 N–H and O–H groups in total. The summed E-state index contributed by atoms with van der Waals surface area (Å²) in [6.45, 7) is 0. The highest BCUT2D eigenvalue weighted by Crippen LogP contribution is 2.17. The van der Waals surface area contributed by atoms with Crippen molar-refractivity contribution >= 4 is 58.8 Å². The first-order valence-corrected chi connectivity index (χ1v) is 9.71.